The van der Waals surface area contributed by atoms with Gasteiger partial charge in [-0.05, 0) is 38.8 Å². The molecule has 0 spiro atoms. The highest BCUT2D eigenvalue weighted by Crippen LogP contribution is 2.33. The zero-order chi connectivity index (χ0) is 25.7. The van der Waals surface area contributed by atoms with Gasteiger partial charge in [0.25, 0.3) is 0 Å². The van der Waals surface area contributed by atoms with Crippen molar-refractivity contribution in [2.24, 2.45) is 0 Å². The first-order chi connectivity index (χ1) is 17.1. The summed E-state index contributed by atoms with van der Waals surface area (Å²) in [6.45, 7) is 4.63. The number of aromatic amines is 1. The molecule has 4 heterocycles. The minimum atomic E-state index is -3.93. The van der Waals surface area contributed by atoms with Crippen LogP contribution in [0.5, 0.6) is 0 Å². The Labute approximate surface area is 207 Å². The van der Waals surface area contributed by atoms with Gasteiger partial charge in [0, 0.05) is 26.3 Å². The number of aromatic nitrogens is 3. The molecule has 1 unspecified atom stereocenters. The molecule has 2 N–H and O–H groups in total. The van der Waals surface area contributed by atoms with Crippen molar-refractivity contribution < 1.29 is 27.1 Å². The van der Waals surface area contributed by atoms with Crippen LogP contribution in [0, 0.1) is 5.82 Å². The van der Waals surface area contributed by atoms with Crippen LogP contribution in [0.15, 0.2) is 30.7 Å². The second-order valence-corrected chi connectivity index (χ2v) is 10.9. The zero-order valence-corrected chi connectivity index (χ0v) is 20.9. The molecule has 192 valence electrons. The molecule has 1 atom stereocenters. The van der Waals surface area contributed by atoms with Crippen LogP contribution in [-0.2, 0) is 19.7 Å². The number of hydrogen-bond donors (Lipinski definition) is 2. The molecule has 0 aliphatic carbocycles. The molecule has 0 bridgehead atoms. The number of carbonyl (C=O) groups is 1. The summed E-state index contributed by atoms with van der Waals surface area (Å²) in [5, 5.41) is 0.390. The van der Waals surface area contributed by atoms with Gasteiger partial charge >= 0.3 is 10.2 Å². The van der Waals surface area contributed by atoms with E-state index in [0.29, 0.717) is 29.9 Å². The van der Waals surface area contributed by atoms with Crippen LogP contribution in [0.3, 0.4) is 0 Å². The van der Waals surface area contributed by atoms with E-state index in [-0.39, 0.29) is 23.4 Å². The number of fused-ring (bicyclic) bond motifs is 1. The third-order valence-electron chi connectivity index (χ3n) is 6.34. The molecule has 11 nitrogen and oxygen atoms in total. The van der Waals surface area contributed by atoms with Gasteiger partial charge in [-0.25, -0.2) is 14.4 Å². The van der Waals surface area contributed by atoms with Crippen LogP contribution in [0.25, 0.3) is 11.0 Å². The lowest BCUT2D eigenvalue weighted by atomic mass is 10.0. The number of nitrogens with zero attached hydrogens (tertiary/aromatic N) is 4. The van der Waals surface area contributed by atoms with E-state index in [1.165, 1.54) is 35.0 Å². The fraction of sp³-hybridized carbons (Fsp3) is 0.435. The number of H-pyrrole nitrogens is 1. The van der Waals surface area contributed by atoms with Crippen LogP contribution >= 0.6 is 0 Å². The van der Waals surface area contributed by atoms with Crippen molar-refractivity contribution in [3.05, 3.63) is 47.7 Å². The Hall–Kier alpha value is -3.13. The number of ether oxygens (including phenoxy) is 2. The molecular formula is C23H27FN6O5S. The predicted octanol–water partition coefficient (Wildman–Crippen LogP) is 2.63. The average molecular weight is 519 g/mol. The van der Waals surface area contributed by atoms with Gasteiger partial charge in [0.05, 0.1) is 28.8 Å². The highest BCUT2D eigenvalue weighted by Gasteiger charge is 2.36. The maximum atomic E-state index is 15.5. The topological polar surface area (TPSA) is 130 Å². The van der Waals surface area contributed by atoms with Gasteiger partial charge in [0.1, 0.15) is 17.8 Å². The van der Waals surface area contributed by atoms with Gasteiger partial charge < -0.3 is 19.4 Å². The van der Waals surface area contributed by atoms with E-state index in [9.17, 15) is 13.2 Å². The maximum absolute atomic E-state index is 15.5. The number of likely N-dealkylation sites (N-methyl/N-ethyl adjacent to an activating group) is 1. The van der Waals surface area contributed by atoms with Crippen molar-refractivity contribution in [2.75, 3.05) is 36.4 Å². The van der Waals surface area contributed by atoms with Gasteiger partial charge in [0.2, 0.25) is 0 Å². The van der Waals surface area contributed by atoms with Crippen molar-refractivity contribution >= 4 is 38.5 Å². The fourth-order valence-electron chi connectivity index (χ4n) is 4.45. The predicted molar refractivity (Wildman–Crippen MR) is 130 cm³/mol. The van der Waals surface area contributed by atoms with Crippen molar-refractivity contribution in [3.8, 4) is 0 Å². The number of carbonyl (C=O) groups excluding carboxylic acids is 1. The van der Waals surface area contributed by atoms with Crippen molar-refractivity contribution in [2.45, 2.75) is 38.7 Å². The van der Waals surface area contributed by atoms with Crippen molar-refractivity contribution in [1.29, 1.82) is 0 Å². The largest absolute Gasteiger partial charge is 0.346 e. The number of nitrogens with one attached hydrogen (secondary N) is 2. The molecule has 13 heteroatoms. The van der Waals surface area contributed by atoms with E-state index >= 15 is 4.39 Å². The summed E-state index contributed by atoms with van der Waals surface area (Å²) in [5.74, 6) is -1.97. The molecule has 2 aromatic heterocycles. The number of ketones is 1. The Morgan fingerprint density at radius 3 is 2.69 bits per heavy atom. The first-order valence-corrected chi connectivity index (χ1v) is 13.0. The highest BCUT2D eigenvalue weighted by atomic mass is 32.2. The molecule has 2 aliphatic rings. The Kier molecular flexibility index (Phi) is 6.19. The van der Waals surface area contributed by atoms with E-state index in [1.54, 1.807) is 25.8 Å². The number of halogens is 1. The quantitative estimate of drug-likeness (QED) is 0.457. The Bertz CT molecular complexity index is 1420. The molecule has 0 saturated carbocycles. The molecule has 0 amide bonds. The third kappa shape index (κ3) is 4.43. The first-order valence-electron chi connectivity index (χ1n) is 11.6. The fourth-order valence-corrected chi connectivity index (χ4v) is 5.75. The summed E-state index contributed by atoms with van der Waals surface area (Å²) in [5.41, 5.74) is -0.0415. The third-order valence-corrected chi connectivity index (χ3v) is 7.86. The van der Waals surface area contributed by atoms with Crippen LogP contribution in [0.1, 0.15) is 42.6 Å². The van der Waals surface area contributed by atoms with Gasteiger partial charge in [0.15, 0.2) is 23.6 Å². The second kappa shape index (κ2) is 9.07. The molecule has 0 radical (unpaired) electrons. The molecule has 3 aromatic rings. The lowest BCUT2D eigenvalue weighted by Gasteiger charge is -2.26. The van der Waals surface area contributed by atoms with Crippen LogP contribution in [0.4, 0.5) is 15.9 Å². The van der Waals surface area contributed by atoms with E-state index in [2.05, 4.69) is 19.7 Å². The summed E-state index contributed by atoms with van der Waals surface area (Å²) < 4.78 is 55.9. The average Bonchev–Trinajstić information content (AvgIpc) is 3.59. The normalized spacial score (nSPS) is 20.2. The van der Waals surface area contributed by atoms with Crippen LogP contribution in [-0.4, -0.2) is 72.2 Å². The molecule has 2 saturated heterocycles. The van der Waals surface area contributed by atoms with Crippen molar-refractivity contribution in [3.63, 3.8) is 0 Å². The maximum Gasteiger partial charge on any atom is 0.301 e. The molecule has 5 rings (SSSR count). The van der Waals surface area contributed by atoms with Crippen molar-refractivity contribution in [1.82, 2.24) is 19.3 Å². The highest BCUT2D eigenvalue weighted by molar-refractivity contribution is 7.90. The first kappa shape index (κ1) is 24.6. The summed E-state index contributed by atoms with van der Waals surface area (Å²) >= 11 is 0. The zero-order valence-electron chi connectivity index (χ0n) is 20.1. The van der Waals surface area contributed by atoms with E-state index < -0.39 is 33.8 Å². The van der Waals surface area contributed by atoms with Crippen LogP contribution < -0.4 is 9.62 Å². The van der Waals surface area contributed by atoms with Crippen LogP contribution in [0.2, 0.25) is 0 Å². The smallest absolute Gasteiger partial charge is 0.301 e. The molecular weight excluding hydrogens is 491 g/mol. The minimum Gasteiger partial charge on any atom is -0.346 e. The Balaban J connectivity index is 1.49. The SMILES string of the molecule is CN(c1ncnc2[nH]cc(C(=O)c3cccc(NS(=O)(=O)N4CCCC4)c3F)c12)C1COC(C)(C)O1. The van der Waals surface area contributed by atoms with Gasteiger partial charge in [-0.3, -0.25) is 9.52 Å². The monoisotopic (exact) mass is 518 g/mol. The summed E-state index contributed by atoms with van der Waals surface area (Å²) in [4.78, 5) is 26.8. The number of anilines is 2. The molecule has 2 fully saturated rings. The molecule has 1 aromatic carbocycles. The van der Waals surface area contributed by atoms with E-state index in [4.69, 9.17) is 9.47 Å². The van der Waals surface area contributed by atoms with E-state index in [0.717, 1.165) is 12.8 Å². The second-order valence-electron chi connectivity index (χ2n) is 9.23. The minimum absolute atomic E-state index is 0.143. The lowest BCUT2D eigenvalue weighted by molar-refractivity contribution is -0.137. The van der Waals surface area contributed by atoms with Gasteiger partial charge in [-0.2, -0.15) is 12.7 Å². The standard InChI is InChI=1S/C23H27FN6O5S/c1-23(2)34-12-17(35-23)29(3)22-18-15(11-25-21(18)26-13-27-22)20(31)14-7-6-8-16(19(14)24)28-36(32,33)30-9-4-5-10-30/h6-8,11,13,17,28H,4-5,9-10,12H2,1-3H3,(H,25,26,27). The van der Waals surface area contributed by atoms with E-state index in [1.807, 2.05) is 0 Å². The Morgan fingerprint density at radius 2 is 2.00 bits per heavy atom. The Morgan fingerprint density at radius 1 is 1.25 bits per heavy atom. The summed E-state index contributed by atoms with van der Waals surface area (Å²) in [6, 6.07) is 4.03. The summed E-state index contributed by atoms with van der Waals surface area (Å²) in [7, 11) is -2.17. The number of hydrogen-bond acceptors (Lipinski definition) is 8. The lowest BCUT2D eigenvalue weighted by Crippen LogP contribution is -2.36. The summed E-state index contributed by atoms with van der Waals surface area (Å²) in [6.07, 6.45) is 3.83. The molecule has 36 heavy (non-hydrogen) atoms. The van der Waals surface area contributed by atoms with Gasteiger partial charge in [-0.1, -0.05) is 6.07 Å². The number of benzene rings is 1. The molecule has 2 aliphatic heterocycles. The van der Waals surface area contributed by atoms with Gasteiger partial charge in [-0.15, -0.1) is 0 Å². The number of rotatable bonds is 7.